The zero-order valence-corrected chi connectivity index (χ0v) is 40.4. The van der Waals surface area contributed by atoms with Crippen molar-refractivity contribution < 1.29 is 77.2 Å². The quantitative estimate of drug-likeness (QED) is 0.116. The molecule has 0 radical (unpaired) electrons. The van der Waals surface area contributed by atoms with E-state index in [1.54, 1.807) is 89.2 Å². The topological polar surface area (TPSA) is 240 Å². The molecule has 0 aromatic heterocycles. The summed E-state index contributed by atoms with van der Waals surface area (Å²) >= 11 is 0. The summed E-state index contributed by atoms with van der Waals surface area (Å²) in [7, 11) is 0. The summed E-state index contributed by atoms with van der Waals surface area (Å²) in [5, 5.41) is 40.9. The lowest BCUT2D eigenvalue weighted by Crippen LogP contribution is -2.81. The lowest BCUT2D eigenvalue weighted by molar-refractivity contribution is -0.346. The fraction of sp³-hybridized carbons (Fsp3) is 0.577. The minimum Gasteiger partial charge on any atom is -0.455 e. The number of ether oxygens (including phenoxy) is 7. The minimum absolute atomic E-state index is 0.0604. The Balaban J connectivity index is 1.36. The summed E-state index contributed by atoms with van der Waals surface area (Å²) < 4.78 is 41.9. The van der Waals surface area contributed by atoms with Crippen LogP contribution >= 0.6 is 0 Å². The van der Waals surface area contributed by atoms with E-state index in [9.17, 15) is 34.5 Å². The lowest BCUT2D eigenvalue weighted by Gasteiger charge is -2.67. The average Bonchev–Trinajstić information content (AvgIpc) is 3.26. The Kier molecular flexibility index (Phi) is 14.6. The molecular formula is C52H65NO16. The first kappa shape index (κ1) is 51.2. The number of alkyl carbamates (subject to hydrolysis) is 1. The Morgan fingerprint density at radius 2 is 1.57 bits per heavy atom. The molecule has 5 aliphatic rings. The molecule has 1 heterocycles. The van der Waals surface area contributed by atoms with Gasteiger partial charge < -0.3 is 53.8 Å². The molecule has 0 spiro atoms. The molecule has 17 nitrogen and oxygen atoms in total. The number of aliphatic hydroxyl groups is 3. The number of hydrogen-bond donors (Lipinski definition) is 4. The van der Waals surface area contributed by atoms with Crippen molar-refractivity contribution >= 4 is 35.9 Å². The summed E-state index contributed by atoms with van der Waals surface area (Å²) in [6.07, 6.45) is -6.20. The molecule has 2 bridgehead atoms. The monoisotopic (exact) mass is 959 g/mol. The highest BCUT2D eigenvalue weighted by molar-refractivity contribution is 5.94. The lowest BCUT2D eigenvalue weighted by atomic mass is 9.44. The number of hydrogen-bond acceptors (Lipinski definition) is 16. The van der Waals surface area contributed by atoms with Gasteiger partial charge in [-0.25, -0.2) is 19.2 Å². The molecule has 12 atom stereocenters. The number of esters is 3. The second-order valence-corrected chi connectivity index (χ2v) is 20.6. The van der Waals surface area contributed by atoms with Crippen LogP contribution in [0.25, 0.3) is 0 Å². The van der Waals surface area contributed by atoms with Crippen molar-refractivity contribution in [3.63, 3.8) is 0 Å². The number of Topliss-reactive ketones (excluding diaryl/α,β-unsaturated/α-hetero) is 1. The highest BCUT2D eigenvalue weighted by Crippen LogP contribution is 2.64. The Hall–Kier alpha value is -5.62. The van der Waals surface area contributed by atoms with Gasteiger partial charge in [0.05, 0.1) is 29.6 Å². The maximum Gasteiger partial charge on any atom is 0.509 e. The highest BCUT2D eigenvalue weighted by Gasteiger charge is 2.78. The zero-order chi connectivity index (χ0) is 50.3. The molecule has 2 saturated carbocycles. The molecule has 1 unspecified atom stereocenters. The molecule has 2 aromatic rings. The average molecular weight is 960 g/mol. The van der Waals surface area contributed by atoms with Crippen molar-refractivity contribution in [1.29, 1.82) is 0 Å². The van der Waals surface area contributed by atoms with Gasteiger partial charge in [-0.15, -0.1) is 0 Å². The van der Waals surface area contributed by atoms with E-state index in [-0.39, 0.29) is 29.7 Å². The van der Waals surface area contributed by atoms with Crippen molar-refractivity contribution in [2.75, 3.05) is 6.61 Å². The Bertz CT molecular complexity index is 2340. The third kappa shape index (κ3) is 9.79. The van der Waals surface area contributed by atoms with Crippen molar-refractivity contribution in [1.82, 2.24) is 5.32 Å². The van der Waals surface area contributed by atoms with Gasteiger partial charge in [-0.3, -0.25) is 9.59 Å². The second kappa shape index (κ2) is 19.6. The summed E-state index contributed by atoms with van der Waals surface area (Å²) in [4.78, 5) is 85.1. The third-order valence-corrected chi connectivity index (χ3v) is 14.7. The fourth-order valence-corrected chi connectivity index (χ4v) is 11.1. The highest BCUT2D eigenvalue weighted by atomic mass is 16.7. The van der Waals surface area contributed by atoms with Crippen molar-refractivity contribution in [2.45, 2.75) is 166 Å². The van der Waals surface area contributed by atoms with Gasteiger partial charge in [-0.1, -0.05) is 74.9 Å². The second-order valence-electron chi connectivity index (χ2n) is 20.6. The van der Waals surface area contributed by atoms with E-state index >= 15 is 9.59 Å². The number of fused-ring (bicyclic) bond motifs is 5. The molecule has 17 heteroatoms. The van der Waals surface area contributed by atoms with Crippen LogP contribution in [0, 0.1) is 16.7 Å². The zero-order valence-electron chi connectivity index (χ0n) is 40.4. The smallest absolute Gasteiger partial charge is 0.455 e. The Labute approximate surface area is 401 Å². The first-order valence-corrected chi connectivity index (χ1v) is 23.6. The molecule has 69 heavy (non-hydrogen) atoms. The number of carbonyl (C=O) groups is 6. The molecule has 374 valence electrons. The van der Waals surface area contributed by atoms with Crippen molar-refractivity contribution in [2.24, 2.45) is 16.7 Å². The molecule has 4 aliphatic carbocycles. The SMILES string of the molecule is CC(=O)O[C@@]12CO[C@@H]1C[C@H](O)[C@@]1(C)C(=O)[C@H](O)C3=C(C)[C@@H](OC(=O)[C@H](OC(=O)OC4/C=C/CCCCC4)[C@@H](NC(=O)OC(C)(C)C)c4ccccc4)C[C@@](O)([C@@H](OC(=O)c4ccccc4)[C@H]21)C3(C)C. The van der Waals surface area contributed by atoms with Gasteiger partial charge in [-0.2, -0.15) is 0 Å². The number of amides is 1. The predicted octanol–water partition coefficient (Wildman–Crippen LogP) is 6.31. The van der Waals surface area contributed by atoms with E-state index in [1.165, 1.54) is 26.0 Å². The Morgan fingerprint density at radius 1 is 0.899 bits per heavy atom. The number of allylic oxidation sites excluding steroid dienone is 1. The first-order valence-electron chi connectivity index (χ1n) is 23.6. The number of ketones is 1. The number of nitrogens with one attached hydrogen (secondary N) is 1. The molecular weight excluding hydrogens is 895 g/mol. The maximum atomic E-state index is 15.2. The van der Waals surface area contributed by atoms with Gasteiger partial charge >= 0.3 is 30.2 Å². The normalized spacial score (nSPS) is 33.0. The fourth-order valence-electron chi connectivity index (χ4n) is 11.1. The van der Waals surface area contributed by atoms with Gasteiger partial charge in [0.2, 0.25) is 6.10 Å². The standard InChI is InChI=1S/C52H65NO16/c1-29-34(65-45(59)40(66-47(61)64-33-24-18-10-9-11-19-25-33)38(31-20-14-12-15-21-31)53-46(60)69-48(3,4)5)27-52(62)43(67-44(58)32-22-16-13-17-23-32)41-50(8,42(57)39(56)37(29)49(52,6)7)35(55)26-36-51(41,28-63-36)68-30(2)54/h12-18,20-24,33-36,38-41,43,55-56,62H,9-11,19,25-28H2,1-8H3,(H,53,60)/b24-18+/t33?,34-,35-,36+,38-,39+,40+,41-,43-,50+,51-,52+/m0/s1. The van der Waals surface area contributed by atoms with Crippen LogP contribution in [0.15, 0.2) is 84.0 Å². The molecule has 1 aliphatic heterocycles. The number of benzene rings is 2. The van der Waals surface area contributed by atoms with Crippen molar-refractivity contribution in [3.05, 3.63) is 95.1 Å². The van der Waals surface area contributed by atoms with Crippen LogP contribution in [0.5, 0.6) is 0 Å². The van der Waals surface area contributed by atoms with E-state index in [1.807, 2.05) is 6.08 Å². The summed E-state index contributed by atoms with van der Waals surface area (Å²) in [5.41, 5.74) is -8.57. The van der Waals surface area contributed by atoms with Crippen LogP contribution in [0.2, 0.25) is 0 Å². The predicted molar refractivity (Wildman–Crippen MR) is 245 cm³/mol. The number of rotatable bonds is 10. The van der Waals surface area contributed by atoms with E-state index in [0.717, 1.165) is 32.6 Å². The number of aliphatic hydroxyl groups excluding tert-OH is 2. The Morgan fingerprint density at radius 3 is 2.19 bits per heavy atom. The summed E-state index contributed by atoms with van der Waals surface area (Å²) in [6.45, 7) is 11.7. The van der Waals surface area contributed by atoms with E-state index in [4.69, 9.17) is 33.2 Å². The van der Waals surface area contributed by atoms with E-state index < -0.39 is 125 Å². The molecule has 3 fully saturated rings. The molecule has 2 aromatic carbocycles. The third-order valence-electron chi connectivity index (χ3n) is 14.7. The first-order chi connectivity index (χ1) is 32.4. The van der Waals surface area contributed by atoms with Crippen LogP contribution in [-0.4, -0.2) is 117 Å². The van der Waals surface area contributed by atoms with Gasteiger partial charge in [0.15, 0.2) is 11.4 Å². The van der Waals surface area contributed by atoms with Crippen LogP contribution < -0.4 is 5.32 Å². The van der Waals surface area contributed by atoms with Gasteiger partial charge in [0.25, 0.3) is 0 Å². The summed E-state index contributed by atoms with van der Waals surface area (Å²) in [6, 6.07) is 14.5. The largest absolute Gasteiger partial charge is 0.509 e. The summed E-state index contributed by atoms with van der Waals surface area (Å²) in [5.74, 6) is -5.48. The van der Waals surface area contributed by atoms with E-state index in [0.29, 0.717) is 12.0 Å². The van der Waals surface area contributed by atoms with Gasteiger partial charge in [0.1, 0.15) is 47.8 Å². The van der Waals surface area contributed by atoms with Crippen LogP contribution in [0.3, 0.4) is 0 Å². The molecule has 4 N–H and O–H groups in total. The molecule has 1 amide bonds. The van der Waals surface area contributed by atoms with Crippen LogP contribution in [-0.2, 0) is 47.5 Å². The van der Waals surface area contributed by atoms with Crippen LogP contribution in [0.4, 0.5) is 9.59 Å². The van der Waals surface area contributed by atoms with Crippen molar-refractivity contribution in [3.8, 4) is 0 Å². The molecule has 1 saturated heterocycles. The maximum absolute atomic E-state index is 15.2. The van der Waals surface area contributed by atoms with Gasteiger partial charge in [0, 0.05) is 25.2 Å². The van der Waals surface area contributed by atoms with E-state index in [2.05, 4.69) is 5.32 Å². The van der Waals surface area contributed by atoms with Crippen LogP contribution in [0.1, 0.15) is 122 Å². The number of carbonyl (C=O) groups excluding carboxylic acids is 6. The molecule has 7 rings (SSSR count). The minimum atomic E-state index is -2.43. The van der Waals surface area contributed by atoms with Gasteiger partial charge in [-0.05, 0) is 95.2 Å².